The van der Waals surface area contributed by atoms with Crippen molar-refractivity contribution in [1.29, 1.82) is 0 Å². The Balaban J connectivity index is 2.43. The minimum absolute atomic E-state index is 0.129. The zero-order chi connectivity index (χ0) is 11.3. The first-order valence-corrected chi connectivity index (χ1v) is 5.72. The van der Waals surface area contributed by atoms with Crippen molar-refractivity contribution in [3.05, 3.63) is 0 Å². The molecule has 0 aromatic rings. The molecule has 0 aromatic heterocycles. The molecule has 4 nitrogen and oxygen atoms in total. The Hall–Kier alpha value is -0.610. The molecular weight excluding hydrogens is 194 g/mol. The fourth-order valence-corrected chi connectivity index (χ4v) is 2.20. The van der Waals surface area contributed by atoms with Gasteiger partial charge in [0.25, 0.3) is 0 Å². The topological polar surface area (TPSA) is 60.8 Å². The van der Waals surface area contributed by atoms with Crippen molar-refractivity contribution in [3.8, 4) is 0 Å². The number of hydrogen-bond acceptors (Lipinski definition) is 3. The number of hydrogen-bond donors (Lipinski definition) is 2. The standard InChI is InChI=1S/C11H21NO3/c1-2-3-6-12-7-4-5-11(15,9-12)8-10(13)14/h15H,2-9H2,1H3,(H,13,14). The first-order valence-electron chi connectivity index (χ1n) is 5.72. The molecule has 0 amide bonds. The maximum absolute atomic E-state index is 10.6. The van der Waals surface area contributed by atoms with Crippen LogP contribution in [-0.4, -0.2) is 46.3 Å². The monoisotopic (exact) mass is 215 g/mol. The maximum Gasteiger partial charge on any atom is 0.306 e. The Morgan fingerprint density at radius 3 is 2.87 bits per heavy atom. The van der Waals surface area contributed by atoms with Crippen molar-refractivity contribution in [3.63, 3.8) is 0 Å². The van der Waals surface area contributed by atoms with Crippen LogP contribution in [-0.2, 0) is 4.79 Å². The molecule has 15 heavy (non-hydrogen) atoms. The van der Waals surface area contributed by atoms with E-state index in [0.29, 0.717) is 13.0 Å². The molecule has 0 aliphatic carbocycles. The van der Waals surface area contributed by atoms with Gasteiger partial charge in [0.2, 0.25) is 0 Å². The van der Waals surface area contributed by atoms with E-state index in [9.17, 15) is 9.90 Å². The van der Waals surface area contributed by atoms with E-state index in [1.54, 1.807) is 0 Å². The number of likely N-dealkylation sites (tertiary alicyclic amines) is 1. The largest absolute Gasteiger partial charge is 0.481 e. The average Bonchev–Trinajstić information content (AvgIpc) is 2.12. The molecule has 1 saturated heterocycles. The molecule has 1 unspecified atom stereocenters. The summed E-state index contributed by atoms with van der Waals surface area (Å²) in [4.78, 5) is 12.8. The van der Waals surface area contributed by atoms with Gasteiger partial charge in [-0.3, -0.25) is 4.79 Å². The first kappa shape index (κ1) is 12.5. The predicted molar refractivity (Wildman–Crippen MR) is 57.8 cm³/mol. The van der Waals surface area contributed by atoms with Crippen LogP contribution in [0.5, 0.6) is 0 Å². The zero-order valence-electron chi connectivity index (χ0n) is 9.41. The number of carboxylic acids is 1. The van der Waals surface area contributed by atoms with Gasteiger partial charge in [0.15, 0.2) is 0 Å². The van der Waals surface area contributed by atoms with Crippen molar-refractivity contribution in [2.45, 2.75) is 44.6 Å². The van der Waals surface area contributed by atoms with Gasteiger partial charge in [-0.2, -0.15) is 0 Å². The average molecular weight is 215 g/mol. The lowest BCUT2D eigenvalue weighted by atomic mass is 9.89. The van der Waals surface area contributed by atoms with E-state index in [0.717, 1.165) is 32.4 Å². The van der Waals surface area contributed by atoms with Gasteiger partial charge >= 0.3 is 5.97 Å². The second-order valence-electron chi connectivity index (χ2n) is 4.53. The van der Waals surface area contributed by atoms with Crippen LogP contribution >= 0.6 is 0 Å². The van der Waals surface area contributed by atoms with Crippen LogP contribution in [0.2, 0.25) is 0 Å². The van der Waals surface area contributed by atoms with Gasteiger partial charge < -0.3 is 15.1 Å². The highest BCUT2D eigenvalue weighted by molar-refractivity contribution is 5.68. The number of carboxylic acid groups (broad SMARTS) is 1. The lowest BCUT2D eigenvalue weighted by Crippen LogP contribution is -2.49. The second-order valence-corrected chi connectivity index (χ2v) is 4.53. The third-order valence-electron chi connectivity index (χ3n) is 2.94. The van der Waals surface area contributed by atoms with Crippen LogP contribution in [0.3, 0.4) is 0 Å². The molecule has 1 fully saturated rings. The Morgan fingerprint density at radius 1 is 1.53 bits per heavy atom. The summed E-state index contributed by atoms with van der Waals surface area (Å²) < 4.78 is 0. The molecule has 2 N–H and O–H groups in total. The van der Waals surface area contributed by atoms with Crippen molar-refractivity contribution >= 4 is 5.97 Å². The first-order chi connectivity index (χ1) is 7.06. The molecule has 0 spiro atoms. The van der Waals surface area contributed by atoms with Gasteiger partial charge in [-0.05, 0) is 32.4 Å². The number of nitrogens with zero attached hydrogens (tertiary/aromatic N) is 1. The molecular formula is C11H21NO3. The van der Waals surface area contributed by atoms with Crippen LogP contribution < -0.4 is 0 Å². The zero-order valence-corrected chi connectivity index (χ0v) is 9.41. The van der Waals surface area contributed by atoms with Gasteiger partial charge in [0, 0.05) is 6.54 Å². The van der Waals surface area contributed by atoms with E-state index in [1.807, 2.05) is 0 Å². The molecule has 1 rings (SSSR count). The Labute approximate surface area is 90.9 Å². The molecule has 88 valence electrons. The lowest BCUT2D eigenvalue weighted by molar-refractivity contribution is -0.145. The summed E-state index contributed by atoms with van der Waals surface area (Å²) in [7, 11) is 0. The number of aliphatic carboxylic acids is 1. The number of rotatable bonds is 5. The minimum atomic E-state index is -1.00. The van der Waals surface area contributed by atoms with Gasteiger partial charge in [-0.25, -0.2) is 0 Å². The summed E-state index contributed by atoms with van der Waals surface area (Å²) in [5.74, 6) is -0.908. The van der Waals surface area contributed by atoms with E-state index in [2.05, 4.69) is 11.8 Å². The van der Waals surface area contributed by atoms with Crippen molar-refractivity contribution in [2.75, 3.05) is 19.6 Å². The van der Waals surface area contributed by atoms with Crippen LogP contribution in [0.25, 0.3) is 0 Å². The molecule has 1 atom stereocenters. The van der Waals surface area contributed by atoms with Gasteiger partial charge in [-0.1, -0.05) is 13.3 Å². The highest BCUT2D eigenvalue weighted by Gasteiger charge is 2.34. The van der Waals surface area contributed by atoms with Gasteiger partial charge in [-0.15, -0.1) is 0 Å². The van der Waals surface area contributed by atoms with E-state index < -0.39 is 11.6 Å². The summed E-state index contributed by atoms with van der Waals surface area (Å²) >= 11 is 0. The Morgan fingerprint density at radius 2 is 2.27 bits per heavy atom. The highest BCUT2D eigenvalue weighted by Crippen LogP contribution is 2.24. The number of β-amino-alcohol motifs (C(OH)–C–C–N with tert-alkyl or cyclic N) is 1. The highest BCUT2D eigenvalue weighted by atomic mass is 16.4. The van der Waals surface area contributed by atoms with Crippen LogP contribution in [0.15, 0.2) is 0 Å². The van der Waals surface area contributed by atoms with Crippen molar-refractivity contribution in [1.82, 2.24) is 4.90 Å². The Bertz CT molecular complexity index is 220. The fourth-order valence-electron chi connectivity index (χ4n) is 2.20. The number of aliphatic hydroxyl groups is 1. The molecule has 0 radical (unpaired) electrons. The van der Waals surface area contributed by atoms with Crippen molar-refractivity contribution in [2.24, 2.45) is 0 Å². The quantitative estimate of drug-likeness (QED) is 0.720. The fraction of sp³-hybridized carbons (Fsp3) is 0.909. The van der Waals surface area contributed by atoms with Gasteiger partial charge in [0.1, 0.15) is 0 Å². The van der Waals surface area contributed by atoms with E-state index in [4.69, 9.17) is 5.11 Å². The number of piperidine rings is 1. The van der Waals surface area contributed by atoms with E-state index >= 15 is 0 Å². The SMILES string of the molecule is CCCCN1CCCC(O)(CC(=O)O)C1. The van der Waals surface area contributed by atoms with E-state index in [1.165, 1.54) is 0 Å². The third-order valence-corrected chi connectivity index (χ3v) is 2.94. The molecule has 1 aliphatic heterocycles. The Kier molecular flexibility index (Phi) is 4.54. The summed E-state index contributed by atoms with van der Waals surface area (Å²) in [6, 6.07) is 0. The molecule has 1 aliphatic rings. The molecule has 1 heterocycles. The minimum Gasteiger partial charge on any atom is -0.481 e. The van der Waals surface area contributed by atoms with Crippen LogP contribution in [0, 0.1) is 0 Å². The molecule has 0 saturated carbocycles. The number of unbranched alkanes of at least 4 members (excludes halogenated alkanes) is 1. The summed E-state index contributed by atoms with van der Waals surface area (Å²) in [5.41, 5.74) is -1.00. The molecule has 0 aromatic carbocycles. The predicted octanol–water partition coefficient (Wildman–Crippen LogP) is 1.09. The maximum atomic E-state index is 10.6. The second kappa shape index (κ2) is 5.47. The van der Waals surface area contributed by atoms with Crippen molar-refractivity contribution < 1.29 is 15.0 Å². The summed E-state index contributed by atoms with van der Waals surface area (Å²) in [6.07, 6.45) is 3.63. The third kappa shape index (κ3) is 4.18. The summed E-state index contributed by atoms with van der Waals surface area (Å²) in [5, 5.41) is 18.8. The molecule has 4 heteroatoms. The van der Waals surface area contributed by atoms with E-state index in [-0.39, 0.29) is 6.42 Å². The number of carbonyl (C=O) groups is 1. The lowest BCUT2D eigenvalue weighted by Gasteiger charge is -2.38. The smallest absolute Gasteiger partial charge is 0.306 e. The molecule has 0 bridgehead atoms. The van der Waals surface area contributed by atoms with Gasteiger partial charge in [0.05, 0.1) is 12.0 Å². The summed E-state index contributed by atoms with van der Waals surface area (Å²) in [6.45, 7) is 4.60. The normalized spacial score (nSPS) is 27.9. The van der Waals surface area contributed by atoms with Crippen LogP contribution in [0.4, 0.5) is 0 Å². The van der Waals surface area contributed by atoms with Crippen LogP contribution in [0.1, 0.15) is 39.0 Å².